The molecule has 1 amide bonds. The van der Waals surface area contributed by atoms with E-state index in [-0.39, 0.29) is 0 Å². The maximum Gasteiger partial charge on any atom is 0.407 e. The first-order valence-corrected chi connectivity index (χ1v) is 10.4. The predicted octanol–water partition coefficient (Wildman–Crippen LogP) is 1.92. The Labute approximate surface area is 184 Å². The molecule has 0 heterocycles. The lowest BCUT2D eigenvalue weighted by Gasteiger charge is -2.19. The first kappa shape index (κ1) is 29.3. The van der Waals surface area contributed by atoms with E-state index in [9.17, 15) is 4.79 Å². The van der Waals surface area contributed by atoms with E-state index < -0.39 is 11.7 Å². The van der Waals surface area contributed by atoms with Gasteiger partial charge < -0.3 is 38.5 Å². The third-order valence-corrected chi connectivity index (χ3v) is 3.17. The number of carbonyl (C=O) groups excluding carboxylic acids is 1. The fourth-order valence-electron chi connectivity index (χ4n) is 1.89. The lowest BCUT2D eigenvalue weighted by molar-refractivity contribution is -0.0163. The van der Waals surface area contributed by atoms with Crippen molar-refractivity contribution >= 4 is 6.09 Å². The third kappa shape index (κ3) is 26.3. The number of nitrogens with zero attached hydrogens (tertiary/aromatic N) is 3. The average molecular weight is 451 g/mol. The Hall–Kier alpha value is -1.66. The van der Waals surface area contributed by atoms with Crippen LogP contribution < -0.4 is 5.32 Å². The number of hydrogen-bond donors (Lipinski definition) is 1. The summed E-state index contributed by atoms with van der Waals surface area (Å²) in [5.74, 6) is 0. The van der Waals surface area contributed by atoms with Gasteiger partial charge in [-0.2, -0.15) is 0 Å². The van der Waals surface area contributed by atoms with Crippen LogP contribution in [0.2, 0.25) is 0 Å². The Morgan fingerprint density at radius 1 is 0.742 bits per heavy atom. The van der Waals surface area contributed by atoms with Gasteiger partial charge in [0.2, 0.25) is 0 Å². The molecule has 0 spiro atoms. The van der Waals surface area contributed by atoms with Gasteiger partial charge >= 0.3 is 6.09 Å². The van der Waals surface area contributed by atoms with Crippen molar-refractivity contribution in [2.75, 3.05) is 92.4 Å². The number of nitrogens with one attached hydrogen (secondary N) is 1. The Balaban J connectivity index is 3.12. The predicted molar refractivity (Wildman–Crippen MR) is 113 cm³/mol. The van der Waals surface area contributed by atoms with Gasteiger partial charge in [0.05, 0.1) is 79.3 Å². The molecule has 0 saturated heterocycles. The van der Waals surface area contributed by atoms with Gasteiger partial charge in [-0.25, -0.2) is 4.79 Å². The smallest absolute Gasteiger partial charge is 0.407 e. The molecule has 1 N–H and O–H groups in total. The summed E-state index contributed by atoms with van der Waals surface area (Å²) < 4.78 is 37.1. The molecule has 0 aromatic rings. The molecule has 0 saturated carbocycles. The highest BCUT2D eigenvalue weighted by molar-refractivity contribution is 5.67. The van der Waals surface area contributed by atoms with Crippen LogP contribution in [0.3, 0.4) is 0 Å². The van der Waals surface area contributed by atoms with Crippen molar-refractivity contribution in [1.82, 2.24) is 5.32 Å². The third-order valence-electron chi connectivity index (χ3n) is 3.17. The maximum absolute atomic E-state index is 11.4. The van der Waals surface area contributed by atoms with Gasteiger partial charge in [-0.3, -0.25) is 0 Å². The van der Waals surface area contributed by atoms with E-state index in [0.717, 1.165) is 0 Å². The SMILES string of the molecule is CC(C)(C)OC(=O)NCCOCCOCCOCCOCCOCCOCCN=[N+]=[N-]. The van der Waals surface area contributed by atoms with Crippen LogP contribution >= 0.6 is 0 Å². The molecule has 0 fully saturated rings. The van der Waals surface area contributed by atoms with Crippen LogP contribution in [0, 0.1) is 0 Å². The van der Waals surface area contributed by atoms with Crippen molar-refractivity contribution < 1.29 is 38.0 Å². The standard InChI is InChI=1S/C19H38N4O8/c1-19(2,3)31-18(24)21-4-6-25-8-10-27-12-14-29-16-17-30-15-13-28-11-9-26-7-5-22-23-20/h4-17H2,1-3H3,(H,21,24). The average Bonchev–Trinajstić information content (AvgIpc) is 2.70. The second kappa shape index (κ2) is 21.6. The van der Waals surface area contributed by atoms with Crippen LogP contribution in [0.25, 0.3) is 10.4 Å². The van der Waals surface area contributed by atoms with Crippen molar-refractivity contribution in [3.8, 4) is 0 Å². The van der Waals surface area contributed by atoms with Crippen molar-refractivity contribution in [2.45, 2.75) is 26.4 Å². The van der Waals surface area contributed by atoms with Crippen LogP contribution in [-0.2, 0) is 33.2 Å². The van der Waals surface area contributed by atoms with Crippen molar-refractivity contribution in [3.05, 3.63) is 10.4 Å². The molecule has 0 bridgehead atoms. The quantitative estimate of drug-likeness (QED) is 0.121. The Kier molecular flexibility index (Phi) is 20.4. The van der Waals surface area contributed by atoms with Gasteiger partial charge in [-0.1, -0.05) is 5.11 Å². The van der Waals surface area contributed by atoms with E-state index in [0.29, 0.717) is 92.4 Å². The van der Waals surface area contributed by atoms with E-state index in [1.165, 1.54) is 0 Å². The van der Waals surface area contributed by atoms with Gasteiger partial charge in [0.1, 0.15) is 5.60 Å². The molecule has 0 radical (unpaired) electrons. The molecular formula is C19H38N4O8. The van der Waals surface area contributed by atoms with Gasteiger partial charge in [0.15, 0.2) is 0 Å². The van der Waals surface area contributed by atoms with Crippen LogP contribution in [0.1, 0.15) is 20.8 Å². The Morgan fingerprint density at radius 2 is 1.13 bits per heavy atom. The number of amides is 1. The molecule has 0 rings (SSSR count). The minimum atomic E-state index is -0.506. The van der Waals surface area contributed by atoms with Crippen LogP contribution in [-0.4, -0.2) is 104 Å². The minimum Gasteiger partial charge on any atom is -0.444 e. The zero-order valence-electron chi connectivity index (χ0n) is 19.0. The van der Waals surface area contributed by atoms with Crippen molar-refractivity contribution in [2.24, 2.45) is 5.11 Å². The second-order valence-electron chi connectivity index (χ2n) is 7.06. The van der Waals surface area contributed by atoms with Gasteiger partial charge in [0, 0.05) is 18.0 Å². The zero-order chi connectivity index (χ0) is 23.0. The van der Waals surface area contributed by atoms with E-state index in [1.54, 1.807) is 0 Å². The second-order valence-corrected chi connectivity index (χ2v) is 7.06. The van der Waals surface area contributed by atoms with E-state index in [4.69, 9.17) is 38.7 Å². The van der Waals surface area contributed by atoms with Gasteiger partial charge in [-0.15, -0.1) is 0 Å². The molecule has 182 valence electrons. The number of rotatable bonds is 21. The Morgan fingerprint density at radius 3 is 1.52 bits per heavy atom. The van der Waals surface area contributed by atoms with E-state index in [1.807, 2.05) is 20.8 Å². The summed E-state index contributed by atoms with van der Waals surface area (Å²) >= 11 is 0. The Bertz CT molecular complexity index is 470. The van der Waals surface area contributed by atoms with Crippen molar-refractivity contribution in [1.29, 1.82) is 0 Å². The maximum atomic E-state index is 11.4. The molecule has 0 aliphatic rings. The van der Waals surface area contributed by atoms with Gasteiger partial charge in [-0.05, 0) is 26.3 Å². The van der Waals surface area contributed by atoms with E-state index >= 15 is 0 Å². The highest BCUT2D eigenvalue weighted by Crippen LogP contribution is 2.05. The summed E-state index contributed by atoms with van der Waals surface area (Å²) in [6.07, 6.45) is -0.453. The first-order valence-electron chi connectivity index (χ1n) is 10.4. The molecule has 12 nitrogen and oxygen atoms in total. The topological polar surface area (TPSA) is 142 Å². The molecule has 0 atom stereocenters. The largest absolute Gasteiger partial charge is 0.444 e. The molecule has 31 heavy (non-hydrogen) atoms. The molecule has 0 aromatic heterocycles. The molecular weight excluding hydrogens is 412 g/mol. The number of ether oxygens (including phenoxy) is 7. The van der Waals surface area contributed by atoms with Crippen molar-refractivity contribution in [3.63, 3.8) is 0 Å². The molecule has 0 aliphatic heterocycles. The molecule has 12 heteroatoms. The number of azide groups is 1. The normalized spacial score (nSPS) is 11.2. The van der Waals surface area contributed by atoms with Gasteiger partial charge in [0.25, 0.3) is 0 Å². The minimum absolute atomic E-state index is 0.327. The monoisotopic (exact) mass is 450 g/mol. The fourth-order valence-corrected chi connectivity index (χ4v) is 1.89. The number of alkyl carbamates (subject to hydrolysis) is 1. The lowest BCUT2D eigenvalue weighted by atomic mass is 10.2. The molecule has 0 unspecified atom stereocenters. The summed E-state index contributed by atoms with van der Waals surface area (Å²) in [6.45, 7) is 11.6. The summed E-state index contributed by atoms with van der Waals surface area (Å²) in [4.78, 5) is 14.0. The number of hydrogen-bond acceptors (Lipinski definition) is 9. The lowest BCUT2D eigenvalue weighted by Crippen LogP contribution is -2.34. The zero-order valence-corrected chi connectivity index (χ0v) is 19.0. The van der Waals surface area contributed by atoms with Crippen LogP contribution in [0.15, 0.2) is 5.11 Å². The summed E-state index contributed by atoms with van der Waals surface area (Å²) in [5, 5.41) is 5.97. The van der Waals surface area contributed by atoms with Crippen LogP contribution in [0.5, 0.6) is 0 Å². The molecule has 0 aliphatic carbocycles. The molecule has 0 aromatic carbocycles. The number of carbonyl (C=O) groups is 1. The summed E-state index contributed by atoms with van der Waals surface area (Å²) in [6, 6.07) is 0. The first-order chi connectivity index (χ1) is 15.0. The van der Waals surface area contributed by atoms with Crippen LogP contribution in [0.4, 0.5) is 4.79 Å². The highest BCUT2D eigenvalue weighted by atomic mass is 16.6. The summed E-state index contributed by atoms with van der Waals surface area (Å²) in [5.41, 5.74) is 7.59. The van der Waals surface area contributed by atoms with E-state index in [2.05, 4.69) is 15.3 Å². The highest BCUT2D eigenvalue weighted by Gasteiger charge is 2.15. The summed E-state index contributed by atoms with van der Waals surface area (Å²) in [7, 11) is 0. The fraction of sp³-hybridized carbons (Fsp3) is 0.947.